The lowest BCUT2D eigenvalue weighted by molar-refractivity contribution is -0.142. The van der Waals surface area contributed by atoms with Gasteiger partial charge in [0, 0.05) is 29.1 Å². The second kappa shape index (κ2) is 12.6. The lowest BCUT2D eigenvalue weighted by atomic mass is 9.94. The number of nitrogens with two attached hydrogens (primary N) is 1. The maximum absolute atomic E-state index is 14.3. The molecule has 5 rings (SSSR count). The zero-order valence-corrected chi connectivity index (χ0v) is 23.9. The SMILES string of the molecule is C/C=C(/C(=O)N[C@@H](Cc1cc(F)cc(F)c1)c1ncccc1-c1ccc(F)c(C(N)=O)c1)n1nc(C(F)(F)F)c2c1CCCC2. The number of halogens is 6. The summed E-state index contributed by atoms with van der Waals surface area (Å²) in [5.74, 6) is -4.41. The Balaban J connectivity index is 1.59. The standard InChI is InChI=1S/C32H27F6N5O2/c1-2-26(43-27-8-4-3-6-22(27)29(42-43)32(36,37)38)31(45)41-25(14-17-12-19(33)16-20(34)13-17)28-21(7-5-11-40-28)18-9-10-24(35)23(15-18)30(39)44/h2,5,7,9-13,15-16,25H,3-4,6,8,14H2,1H3,(H2,39,44)(H,41,45)/b26-2-/t25-/m0/s1. The van der Waals surface area contributed by atoms with Crippen LogP contribution in [0.2, 0.25) is 0 Å². The number of amides is 2. The summed E-state index contributed by atoms with van der Waals surface area (Å²) in [5.41, 5.74) is 4.98. The summed E-state index contributed by atoms with van der Waals surface area (Å²) in [6.45, 7) is 1.48. The average molecular weight is 628 g/mol. The van der Waals surface area contributed by atoms with Crippen LogP contribution in [0, 0.1) is 17.5 Å². The van der Waals surface area contributed by atoms with Gasteiger partial charge in [-0.2, -0.15) is 18.3 Å². The Bertz CT molecular complexity index is 1790. The number of pyridine rings is 1. The Morgan fingerprint density at radius 1 is 1.04 bits per heavy atom. The molecule has 0 unspecified atom stereocenters. The lowest BCUT2D eigenvalue weighted by Crippen LogP contribution is -2.33. The number of carbonyl (C=O) groups excluding carboxylic acids is 2. The number of carbonyl (C=O) groups is 2. The minimum Gasteiger partial charge on any atom is -0.366 e. The number of rotatable bonds is 8. The summed E-state index contributed by atoms with van der Waals surface area (Å²) in [7, 11) is 0. The number of hydrogen-bond donors (Lipinski definition) is 2. The Labute approximate surface area is 253 Å². The van der Waals surface area contributed by atoms with Crippen molar-refractivity contribution in [2.75, 3.05) is 0 Å². The van der Waals surface area contributed by atoms with Crippen LogP contribution in [0.1, 0.15) is 64.4 Å². The van der Waals surface area contributed by atoms with Crippen LogP contribution in [0.5, 0.6) is 0 Å². The van der Waals surface area contributed by atoms with Gasteiger partial charge in [0.25, 0.3) is 11.8 Å². The molecule has 13 heteroatoms. The Hall–Kier alpha value is -4.94. The average Bonchev–Trinajstić information content (AvgIpc) is 3.37. The summed E-state index contributed by atoms with van der Waals surface area (Å²) in [5, 5.41) is 6.57. The van der Waals surface area contributed by atoms with E-state index in [4.69, 9.17) is 5.73 Å². The van der Waals surface area contributed by atoms with Crippen molar-refractivity contribution in [2.24, 2.45) is 5.73 Å². The number of alkyl halides is 3. The number of benzene rings is 2. The van der Waals surface area contributed by atoms with E-state index < -0.39 is 52.7 Å². The number of hydrogen-bond acceptors (Lipinski definition) is 4. The third-order valence-electron chi connectivity index (χ3n) is 7.56. The summed E-state index contributed by atoms with van der Waals surface area (Å²) in [6.07, 6.45) is -0.581. The molecule has 0 saturated carbocycles. The van der Waals surface area contributed by atoms with Crippen LogP contribution < -0.4 is 11.1 Å². The highest BCUT2D eigenvalue weighted by Crippen LogP contribution is 2.37. The second-order valence-corrected chi connectivity index (χ2v) is 10.6. The first-order valence-corrected chi connectivity index (χ1v) is 14.0. The molecule has 1 aliphatic rings. The minimum atomic E-state index is -4.73. The van der Waals surface area contributed by atoms with Gasteiger partial charge in [0.1, 0.15) is 23.1 Å². The fraction of sp³-hybridized carbons (Fsp3) is 0.250. The van der Waals surface area contributed by atoms with Crippen molar-refractivity contribution in [3.8, 4) is 11.1 Å². The highest BCUT2D eigenvalue weighted by Gasteiger charge is 2.40. The van der Waals surface area contributed by atoms with Crippen molar-refractivity contribution in [2.45, 2.75) is 51.2 Å². The molecule has 2 heterocycles. The van der Waals surface area contributed by atoms with Crippen molar-refractivity contribution in [1.82, 2.24) is 20.1 Å². The maximum atomic E-state index is 14.3. The van der Waals surface area contributed by atoms with E-state index in [0.29, 0.717) is 30.0 Å². The lowest BCUT2D eigenvalue weighted by Gasteiger charge is -2.23. The van der Waals surface area contributed by atoms with E-state index in [0.717, 1.165) is 22.9 Å². The molecule has 4 aromatic rings. The zero-order valence-electron chi connectivity index (χ0n) is 23.9. The van der Waals surface area contributed by atoms with E-state index in [2.05, 4.69) is 15.4 Å². The highest BCUT2D eigenvalue weighted by molar-refractivity contribution is 6.13. The monoisotopic (exact) mass is 627 g/mol. The number of allylic oxidation sites excluding steroid dienone is 1. The van der Waals surface area contributed by atoms with E-state index in [9.17, 15) is 35.9 Å². The minimum absolute atomic E-state index is 0.0428. The molecule has 2 aromatic carbocycles. The van der Waals surface area contributed by atoms with Crippen molar-refractivity contribution in [3.63, 3.8) is 0 Å². The van der Waals surface area contributed by atoms with Crippen LogP contribution in [-0.2, 0) is 30.2 Å². The summed E-state index contributed by atoms with van der Waals surface area (Å²) in [6, 6.07) is 8.48. The van der Waals surface area contributed by atoms with Crippen LogP contribution >= 0.6 is 0 Å². The Morgan fingerprint density at radius 2 is 1.76 bits per heavy atom. The summed E-state index contributed by atoms with van der Waals surface area (Å²) >= 11 is 0. The first-order valence-electron chi connectivity index (χ1n) is 14.0. The van der Waals surface area contributed by atoms with Gasteiger partial charge < -0.3 is 11.1 Å². The van der Waals surface area contributed by atoms with Crippen LogP contribution in [0.15, 0.2) is 60.8 Å². The molecule has 0 bridgehead atoms. The number of primary amides is 1. The van der Waals surface area contributed by atoms with Gasteiger partial charge in [0.15, 0.2) is 5.69 Å². The first kappa shape index (κ1) is 31.5. The highest BCUT2D eigenvalue weighted by atomic mass is 19.4. The van der Waals surface area contributed by atoms with E-state index in [1.807, 2.05) is 0 Å². The van der Waals surface area contributed by atoms with Crippen molar-refractivity contribution in [1.29, 1.82) is 0 Å². The fourth-order valence-corrected chi connectivity index (χ4v) is 5.61. The zero-order chi connectivity index (χ0) is 32.5. The molecule has 2 aromatic heterocycles. The van der Waals surface area contributed by atoms with Gasteiger partial charge in [-0.25, -0.2) is 17.9 Å². The molecule has 45 heavy (non-hydrogen) atoms. The van der Waals surface area contributed by atoms with Crippen LogP contribution in [0.4, 0.5) is 26.3 Å². The molecule has 0 aliphatic heterocycles. The molecule has 7 nitrogen and oxygen atoms in total. The van der Waals surface area contributed by atoms with Gasteiger partial charge in [0.05, 0.1) is 17.3 Å². The third-order valence-corrected chi connectivity index (χ3v) is 7.56. The van der Waals surface area contributed by atoms with Crippen molar-refractivity contribution >= 4 is 17.5 Å². The Kier molecular flexibility index (Phi) is 8.80. The van der Waals surface area contributed by atoms with Gasteiger partial charge in [-0.1, -0.05) is 18.2 Å². The molecule has 0 spiro atoms. The number of nitrogens with one attached hydrogen (secondary N) is 1. The van der Waals surface area contributed by atoms with E-state index >= 15 is 0 Å². The Morgan fingerprint density at radius 3 is 2.42 bits per heavy atom. The third kappa shape index (κ3) is 6.61. The molecule has 1 atom stereocenters. The second-order valence-electron chi connectivity index (χ2n) is 10.6. The summed E-state index contributed by atoms with van der Waals surface area (Å²) < 4.78 is 85.3. The molecule has 234 valence electrons. The largest absolute Gasteiger partial charge is 0.435 e. The van der Waals surface area contributed by atoms with Gasteiger partial charge in [-0.15, -0.1) is 0 Å². The van der Waals surface area contributed by atoms with Crippen molar-refractivity contribution < 1.29 is 35.9 Å². The van der Waals surface area contributed by atoms with Gasteiger partial charge >= 0.3 is 6.18 Å². The molecular formula is C32H27F6N5O2. The van der Waals surface area contributed by atoms with Gasteiger partial charge in [0.2, 0.25) is 0 Å². The van der Waals surface area contributed by atoms with Crippen LogP contribution in [-0.4, -0.2) is 26.6 Å². The molecular weight excluding hydrogens is 600 g/mol. The van der Waals surface area contributed by atoms with E-state index in [-0.39, 0.29) is 47.5 Å². The fourth-order valence-electron chi connectivity index (χ4n) is 5.61. The molecule has 0 fully saturated rings. The predicted molar refractivity (Wildman–Crippen MR) is 153 cm³/mol. The predicted octanol–water partition coefficient (Wildman–Crippen LogP) is 6.32. The number of aromatic nitrogens is 3. The van der Waals surface area contributed by atoms with Crippen LogP contribution in [0.3, 0.4) is 0 Å². The molecule has 1 aliphatic carbocycles. The molecule has 3 N–H and O–H groups in total. The van der Waals surface area contributed by atoms with Crippen LogP contribution in [0.25, 0.3) is 16.8 Å². The number of nitrogens with zero attached hydrogens (tertiary/aromatic N) is 3. The maximum Gasteiger partial charge on any atom is 0.435 e. The van der Waals surface area contributed by atoms with Gasteiger partial charge in [-0.3, -0.25) is 14.6 Å². The molecule has 0 radical (unpaired) electrons. The van der Waals surface area contributed by atoms with E-state index in [1.165, 1.54) is 31.3 Å². The normalized spacial score (nSPS) is 14.2. The quantitative estimate of drug-likeness (QED) is 0.176. The molecule has 0 saturated heterocycles. The number of fused-ring (bicyclic) bond motifs is 1. The van der Waals surface area contributed by atoms with E-state index in [1.54, 1.807) is 12.1 Å². The smallest absolute Gasteiger partial charge is 0.366 e. The topological polar surface area (TPSA) is 103 Å². The first-order chi connectivity index (χ1) is 21.4. The van der Waals surface area contributed by atoms with Gasteiger partial charge in [-0.05, 0) is 80.5 Å². The summed E-state index contributed by atoms with van der Waals surface area (Å²) in [4.78, 5) is 30.1. The van der Waals surface area contributed by atoms with Crippen molar-refractivity contribution in [3.05, 3.63) is 112 Å². The molecule has 2 amide bonds.